The Morgan fingerprint density at radius 1 is 1.39 bits per heavy atom. The van der Waals surface area contributed by atoms with Crippen molar-refractivity contribution in [1.82, 2.24) is 10.3 Å². The van der Waals surface area contributed by atoms with E-state index in [1.807, 2.05) is 12.1 Å². The summed E-state index contributed by atoms with van der Waals surface area (Å²) in [5, 5.41) is 4.52. The Hall–Kier alpha value is -0.710. The average molecular weight is 325 g/mol. The maximum Gasteiger partial charge on any atom is 0.125 e. The average Bonchev–Trinajstić information content (AvgIpc) is 2.72. The van der Waals surface area contributed by atoms with Crippen molar-refractivity contribution in [1.29, 1.82) is 0 Å². The smallest absolute Gasteiger partial charge is 0.125 e. The Morgan fingerprint density at radius 3 is 2.78 bits per heavy atom. The molecule has 0 fully saturated rings. The molecule has 1 atom stereocenters. The number of benzene rings is 1. The minimum Gasteiger partial charge on any atom is -0.310 e. The molecule has 2 aromatic rings. The van der Waals surface area contributed by atoms with E-state index < -0.39 is 0 Å². The lowest BCUT2D eigenvalue weighted by molar-refractivity contribution is 0.603. The topological polar surface area (TPSA) is 24.9 Å². The quantitative estimate of drug-likeness (QED) is 0.892. The summed E-state index contributed by atoms with van der Waals surface area (Å²) < 4.78 is 1.10. The maximum atomic E-state index is 4.69. The molecule has 0 aliphatic rings. The van der Waals surface area contributed by atoms with Crippen LogP contribution in [-0.4, -0.2) is 11.5 Å². The Labute approximate surface area is 121 Å². The van der Waals surface area contributed by atoms with Gasteiger partial charge in [0.15, 0.2) is 0 Å². The van der Waals surface area contributed by atoms with Gasteiger partial charge in [-0.15, -0.1) is 11.3 Å². The van der Waals surface area contributed by atoms with Crippen molar-refractivity contribution in [2.24, 2.45) is 0 Å². The van der Waals surface area contributed by atoms with E-state index in [-0.39, 0.29) is 0 Å². The first-order valence-corrected chi connectivity index (χ1v) is 7.70. The SMILES string of the molecule is CCNC(C)c1sc(-c2ccccc2Br)nc1C. The molecule has 18 heavy (non-hydrogen) atoms. The molecule has 0 saturated heterocycles. The monoisotopic (exact) mass is 324 g/mol. The molecule has 1 N–H and O–H groups in total. The molecule has 1 unspecified atom stereocenters. The van der Waals surface area contributed by atoms with E-state index in [0.717, 1.165) is 21.7 Å². The van der Waals surface area contributed by atoms with E-state index in [1.165, 1.54) is 10.4 Å². The molecule has 1 aromatic carbocycles. The van der Waals surface area contributed by atoms with E-state index in [1.54, 1.807) is 11.3 Å². The number of aryl methyl sites for hydroxylation is 1. The van der Waals surface area contributed by atoms with Gasteiger partial charge in [-0.3, -0.25) is 0 Å². The molecule has 1 aromatic heterocycles. The van der Waals surface area contributed by atoms with Crippen molar-refractivity contribution in [3.05, 3.63) is 39.3 Å². The van der Waals surface area contributed by atoms with Crippen molar-refractivity contribution in [3.63, 3.8) is 0 Å². The van der Waals surface area contributed by atoms with Gasteiger partial charge in [0.2, 0.25) is 0 Å². The van der Waals surface area contributed by atoms with Gasteiger partial charge in [-0.05, 0) is 26.5 Å². The summed E-state index contributed by atoms with van der Waals surface area (Å²) in [5.41, 5.74) is 2.29. The highest BCUT2D eigenvalue weighted by Crippen LogP contribution is 2.35. The maximum absolute atomic E-state index is 4.69. The van der Waals surface area contributed by atoms with Crippen LogP contribution in [0, 0.1) is 6.92 Å². The molecule has 0 saturated carbocycles. The number of nitrogens with zero attached hydrogens (tertiary/aromatic N) is 1. The molecule has 0 bridgehead atoms. The highest BCUT2D eigenvalue weighted by Gasteiger charge is 2.15. The Balaban J connectivity index is 2.37. The number of rotatable bonds is 4. The molecular weight excluding hydrogens is 308 g/mol. The van der Waals surface area contributed by atoms with Crippen LogP contribution in [0.2, 0.25) is 0 Å². The fraction of sp³-hybridized carbons (Fsp3) is 0.357. The zero-order valence-corrected chi connectivity index (χ0v) is 13.2. The summed E-state index contributed by atoms with van der Waals surface area (Å²) in [4.78, 5) is 6.02. The van der Waals surface area contributed by atoms with Gasteiger partial charge in [-0.1, -0.05) is 41.1 Å². The van der Waals surface area contributed by atoms with E-state index in [4.69, 9.17) is 4.98 Å². The fourth-order valence-electron chi connectivity index (χ4n) is 1.96. The molecule has 2 nitrogen and oxygen atoms in total. The predicted octanol–water partition coefficient (Wildman–Crippen LogP) is 4.55. The molecule has 2 rings (SSSR count). The van der Waals surface area contributed by atoms with Crippen LogP contribution in [-0.2, 0) is 0 Å². The Kier molecular flexibility index (Phi) is 4.54. The standard InChI is InChI=1S/C14H17BrN2S/c1-4-16-9(2)13-10(3)17-14(18-13)11-7-5-6-8-12(11)15/h5-9,16H,4H2,1-3H3. The van der Waals surface area contributed by atoms with Crippen LogP contribution < -0.4 is 5.32 Å². The van der Waals surface area contributed by atoms with Gasteiger partial charge in [-0.25, -0.2) is 4.98 Å². The first kappa shape index (κ1) is 13.7. The third kappa shape index (κ3) is 2.82. The molecule has 0 amide bonds. The van der Waals surface area contributed by atoms with Crippen molar-refractivity contribution < 1.29 is 0 Å². The molecule has 0 radical (unpaired) electrons. The zero-order chi connectivity index (χ0) is 13.1. The van der Waals surface area contributed by atoms with E-state index in [9.17, 15) is 0 Å². The first-order valence-electron chi connectivity index (χ1n) is 6.09. The van der Waals surface area contributed by atoms with Crippen molar-refractivity contribution >= 4 is 27.3 Å². The number of hydrogen-bond donors (Lipinski definition) is 1. The minimum atomic E-state index is 0.365. The largest absolute Gasteiger partial charge is 0.310 e. The molecular formula is C14H17BrN2S. The highest BCUT2D eigenvalue weighted by atomic mass is 79.9. The number of hydrogen-bond acceptors (Lipinski definition) is 3. The first-order chi connectivity index (χ1) is 8.63. The van der Waals surface area contributed by atoms with Gasteiger partial charge in [0.25, 0.3) is 0 Å². The second kappa shape index (κ2) is 5.95. The third-order valence-electron chi connectivity index (χ3n) is 2.84. The molecule has 1 heterocycles. The van der Waals surface area contributed by atoms with Crippen molar-refractivity contribution in [3.8, 4) is 10.6 Å². The van der Waals surface area contributed by atoms with Crippen LogP contribution >= 0.6 is 27.3 Å². The second-order valence-electron chi connectivity index (χ2n) is 4.23. The zero-order valence-electron chi connectivity index (χ0n) is 10.8. The minimum absolute atomic E-state index is 0.365. The van der Waals surface area contributed by atoms with Gasteiger partial charge < -0.3 is 5.32 Å². The van der Waals surface area contributed by atoms with Crippen molar-refractivity contribution in [2.75, 3.05) is 6.54 Å². The van der Waals surface area contributed by atoms with Gasteiger partial charge >= 0.3 is 0 Å². The number of thiazole rings is 1. The summed E-state index contributed by atoms with van der Waals surface area (Å²) >= 11 is 5.36. The molecule has 96 valence electrons. The Morgan fingerprint density at radius 2 is 2.11 bits per heavy atom. The lowest BCUT2D eigenvalue weighted by Gasteiger charge is -2.09. The number of aromatic nitrogens is 1. The van der Waals surface area contributed by atoms with Crippen LogP contribution in [0.5, 0.6) is 0 Å². The second-order valence-corrected chi connectivity index (χ2v) is 6.11. The summed E-state index contributed by atoms with van der Waals surface area (Å²) in [6.07, 6.45) is 0. The van der Waals surface area contributed by atoms with E-state index in [0.29, 0.717) is 6.04 Å². The normalized spacial score (nSPS) is 12.7. The molecule has 0 aliphatic carbocycles. The predicted molar refractivity (Wildman–Crippen MR) is 82.1 cm³/mol. The lowest BCUT2D eigenvalue weighted by Crippen LogP contribution is -2.17. The van der Waals surface area contributed by atoms with Gasteiger partial charge in [-0.2, -0.15) is 0 Å². The highest BCUT2D eigenvalue weighted by molar-refractivity contribution is 9.10. The number of nitrogens with one attached hydrogen (secondary N) is 1. The van der Waals surface area contributed by atoms with Crippen molar-refractivity contribution in [2.45, 2.75) is 26.8 Å². The lowest BCUT2D eigenvalue weighted by atomic mass is 10.2. The Bertz CT molecular complexity index is 536. The van der Waals surface area contributed by atoms with Crippen LogP contribution in [0.1, 0.15) is 30.5 Å². The van der Waals surface area contributed by atoms with Gasteiger partial charge in [0.05, 0.1) is 5.69 Å². The molecule has 4 heteroatoms. The summed E-state index contributed by atoms with van der Waals surface area (Å²) in [6.45, 7) is 7.37. The summed E-state index contributed by atoms with van der Waals surface area (Å²) in [7, 11) is 0. The summed E-state index contributed by atoms with van der Waals surface area (Å²) in [5.74, 6) is 0. The van der Waals surface area contributed by atoms with E-state index >= 15 is 0 Å². The van der Waals surface area contributed by atoms with E-state index in [2.05, 4.69) is 54.2 Å². The number of halogens is 1. The fourth-order valence-corrected chi connectivity index (χ4v) is 3.69. The third-order valence-corrected chi connectivity index (χ3v) is 4.91. The van der Waals surface area contributed by atoms with Crippen LogP contribution in [0.3, 0.4) is 0 Å². The summed E-state index contributed by atoms with van der Waals surface area (Å²) in [6, 6.07) is 8.59. The van der Waals surface area contributed by atoms with Crippen LogP contribution in [0.15, 0.2) is 28.7 Å². The molecule has 0 aliphatic heterocycles. The van der Waals surface area contributed by atoms with Gasteiger partial charge in [0, 0.05) is 21.0 Å². The molecule has 0 spiro atoms. The van der Waals surface area contributed by atoms with Crippen LogP contribution in [0.4, 0.5) is 0 Å². The van der Waals surface area contributed by atoms with Gasteiger partial charge in [0.1, 0.15) is 5.01 Å². The van der Waals surface area contributed by atoms with Crippen LogP contribution in [0.25, 0.3) is 10.6 Å².